The van der Waals surface area contributed by atoms with Crippen molar-refractivity contribution in [1.29, 1.82) is 0 Å². The number of aromatic nitrogens is 3. The van der Waals surface area contributed by atoms with Crippen molar-refractivity contribution in [3.05, 3.63) is 69.2 Å². The summed E-state index contributed by atoms with van der Waals surface area (Å²) in [5, 5.41) is 26.0. The molecule has 3 rings (SSSR count). The van der Waals surface area contributed by atoms with Gasteiger partial charge in [0, 0.05) is 22.8 Å². The number of benzene rings is 2. The molecular formula is C17H15ClN8O3S. The standard InChI is InChI=1S/C17H15ClN8O3S/c18-12-3-1-11(2-4-12)9-20-22-16-23-24-17(25(16)19)30-10-15(27)21-13-5-7-14(8-6-13)26(28)29/h1-9H,10,19H2,(H,21,27)(H,22,23)/b20-9+. The normalized spacial score (nSPS) is 10.8. The molecular weight excluding hydrogens is 432 g/mol. The van der Waals surface area contributed by atoms with Crippen LogP contribution < -0.4 is 16.6 Å². The maximum absolute atomic E-state index is 12.1. The van der Waals surface area contributed by atoms with Gasteiger partial charge in [0.25, 0.3) is 11.6 Å². The molecule has 3 aromatic rings. The first-order chi connectivity index (χ1) is 14.4. The highest BCUT2D eigenvalue weighted by atomic mass is 35.5. The van der Waals surface area contributed by atoms with Crippen LogP contribution in [0.3, 0.4) is 0 Å². The number of nitrogen functional groups attached to an aromatic ring is 1. The number of carbonyl (C=O) groups is 1. The SMILES string of the molecule is Nn1c(N/N=C/c2ccc(Cl)cc2)nnc1SCC(=O)Nc1ccc([N+](=O)[O-])cc1. The number of nitrogens with zero attached hydrogens (tertiary/aromatic N) is 5. The van der Waals surface area contributed by atoms with Crippen molar-refractivity contribution < 1.29 is 9.72 Å². The number of carbonyl (C=O) groups excluding carboxylic acids is 1. The molecule has 0 saturated heterocycles. The third-order valence-electron chi connectivity index (χ3n) is 3.61. The fraction of sp³-hybridized carbons (Fsp3) is 0.0588. The van der Waals surface area contributed by atoms with E-state index in [4.69, 9.17) is 17.4 Å². The van der Waals surface area contributed by atoms with Crippen molar-refractivity contribution in [2.24, 2.45) is 5.10 Å². The topological polar surface area (TPSA) is 153 Å². The van der Waals surface area contributed by atoms with Crippen LogP contribution in [-0.4, -0.2) is 37.7 Å². The van der Waals surface area contributed by atoms with Gasteiger partial charge in [-0.2, -0.15) is 5.10 Å². The largest absolute Gasteiger partial charge is 0.334 e. The number of hydrogen-bond acceptors (Lipinski definition) is 9. The lowest BCUT2D eigenvalue weighted by atomic mass is 10.2. The summed E-state index contributed by atoms with van der Waals surface area (Å²) in [7, 11) is 0. The molecule has 1 heterocycles. The van der Waals surface area contributed by atoms with E-state index in [1.54, 1.807) is 30.5 Å². The molecule has 0 aliphatic heterocycles. The Labute approximate surface area is 179 Å². The van der Waals surface area contributed by atoms with Gasteiger partial charge in [0.15, 0.2) is 0 Å². The Bertz CT molecular complexity index is 1070. The van der Waals surface area contributed by atoms with Crippen molar-refractivity contribution in [3.8, 4) is 0 Å². The molecule has 2 aromatic carbocycles. The summed E-state index contributed by atoms with van der Waals surface area (Å²) in [5.74, 6) is 5.79. The molecule has 0 radical (unpaired) electrons. The van der Waals surface area contributed by atoms with Crippen molar-refractivity contribution in [2.45, 2.75) is 5.16 Å². The van der Waals surface area contributed by atoms with Gasteiger partial charge in [-0.1, -0.05) is 35.5 Å². The van der Waals surface area contributed by atoms with E-state index >= 15 is 0 Å². The summed E-state index contributed by atoms with van der Waals surface area (Å²) < 4.78 is 1.17. The fourth-order valence-corrected chi connectivity index (χ4v) is 2.94. The van der Waals surface area contributed by atoms with E-state index in [9.17, 15) is 14.9 Å². The summed E-state index contributed by atoms with van der Waals surface area (Å²) in [6.07, 6.45) is 1.56. The van der Waals surface area contributed by atoms with E-state index in [-0.39, 0.29) is 23.3 Å². The first-order valence-electron chi connectivity index (χ1n) is 8.34. The highest BCUT2D eigenvalue weighted by molar-refractivity contribution is 7.99. The smallest absolute Gasteiger partial charge is 0.269 e. The zero-order chi connectivity index (χ0) is 21.5. The van der Waals surface area contributed by atoms with Crippen LogP contribution in [0.25, 0.3) is 0 Å². The number of nitro groups is 1. The molecule has 1 aromatic heterocycles. The number of hydrogen-bond donors (Lipinski definition) is 3. The number of nitrogens with two attached hydrogens (primary N) is 1. The van der Waals surface area contributed by atoms with Gasteiger partial charge in [0.1, 0.15) is 0 Å². The van der Waals surface area contributed by atoms with E-state index in [0.29, 0.717) is 15.9 Å². The maximum atomic E-state index is 12.1. The second kappa shape index (κ2) is 9.71. The van der Waals surface area contributed by atoms with Crippen LogP contribution >= 0.6 is 23.4 Å². The minimum atomic E-state index is -0.513. The lowest BCUT2D eigenvalue weighted by Gasteiger charge is -2.05. The highest BCUT2D eigenvalue weighted by Crippen LogP contribution is 2.19. The Morgan fingerprint density at radius 3 is 2.60 bits per heavy atom. The number of amides is 1. The monoisotopic (exact) mass is 446 g/mol. The Morgan fingerprint density at radius 1 is 1.23 bits per heavy atom. The summed E-state index contributed by atoms with van der Waals surface area (Å²) in [6.45, 7) is 0. The fourth-order valence-electron chi connectivity index (χ4n) is 2.16. The molecule has 4 N–H and O–H groups in total. The van der Waals surface area contributed by atoms with E-state index in [0.717, 1.165) is 17.3 Å². The van der Waals surface area contributed by atoms with Crippen molar-refractivity contribution in [3.63, 3.8) is 0 Å². The lowest BCUT2D eigenvalue weighted by Crippen LogP contribution is -2.16. The van der Waals surface area contributed by atoms with Gasteiger partial charge in [-0.15, -0.1) is 10.2 Å². The van der Waals surface area contributed by atoms with E-state index in [2.05, 4.69) is 26.0 Å². The maximum Gasteiger partial charge on any atom is 0.269 e. The Kier molecular flexibility index (Phi) is 6.83. The van der Waals surface area contributed by atoms with Gasteiger partial charge >= 0.3 is 0 Å². The van der Waals surface area contributed by atoms with Gasteiger partial charge in [-0.05, 0) is 29.8 Å². The molecule has 30 heavy (non-hydrogen) atoms. The molecule has 13 heteroatoms. The molecule has 0 fully saturated rings. The van der Waals surface area contributed by atoms with Crippen LogP contribution in [0, 0.1) is 10.1 Å². The molecule has 11 nitrogen and oxygen atoms in total. The van der Waals surface area contributed by atoms with Gasteiger partial charge in [-0.3, -0.25) is 14.9 Å². The molecule has 0 aliphatic carbocycles. The van der Waals surface area contributed by atoms with Crippen molar-refractivity contribution in [2.75, 3.05) is 22.3 Å². The molecule has 1 amide bonds. The van der Waals surface area contributed by atoms with Crippen LogP contribution in [-0.2, 0) is 4.79 Å². The summed E-state index contributed by atoms with van der Waals surface area (Å²) >= 11 is 6.90. The quantitative estimate of drug-likeness (QED) is 0.157. The van der Waals surface area contributed by atoms with Crippen LogP contribution in [0.2, 0.25) is 5.02 Å². The molecule has 0 saturated carbocycles. The van der Waals surface area contributed by atoms with Crippen molar-refractivity contribution >= 4 is 52.8 Å². The average molecular weight is 447 g/mol. The number of rotatable bonds is 8. The summed E-state index contributed by atoms with van der Waals surface area (Å²) in [6, 6.07) is 12.6. The summed E-state index contributed by atoms with van der Waals surface area (Å²) in [5.41, 5.74) is 3.88. The Morgan fingerprint density at radius 2 is 1.93 bits per heavy atom. The zero-order valence-corrected chi connectivity index (χ0v) is 16.8. The van der Waals surface area contributed by atoms with E-state index < -0.39 is 4.92 Å². The molecule has 154 valence electrons. The summed E-state index contributed by atoms with van der Waals surface area (Å²) in [4.78, 5) is 22.2. The molecule has 0 unspecified atom stereocenters. The number of hydrazone groups is 1. The number of nitrogens with one attached hydrogen (secondary N) is 2. The van der Waals surface area contributed by atoms with E-state index in [1.165, 1.54) is 28.9 Å². The first-order valence-corrected chi connectivity index (χ1v) is 9.71. The van der Waals surface area contributed by atoms with E-state index in [1.807, 2.05) is 0 Å². The molecule has 0 spiro atoms. The van der Waals surface area contributed by atoms with Crippen LogP contribution in [0.4, 0.5) is 17.3 Å². The average Bonchev–Trinajstić information content (AvgIpc) is 3.08. The zero-order valence-electron chi connectivity index (χ0n) is 15.2. The number of nitro benzene ring substituents is 1. The second-order valence-corrected chi connectivity index (χ2v) is 7.12. The second-order valence-electron chi connectivity index (χ2n) is 5.74. The third kappa shape index (κ3) is 5.68. The number of non-ortho nitro benzene ring substituents is 1. The van der Waals surface area contributed by atoms with Crippen LogP contribution in [0.15, 0.2) is 58.8 Å². The van der Waals surface area contributed by atoms with Crippen molar-refractivity contribution in [1.82, 2.24) is 14.9 Å². The van der Waals surface area contributed by atoms with Gasteiger partial charge < -0.3 is 11.2 Å². The minimum absolute atomic E-state index is 0.0142. The Balaban J connectivity index is 1.51. The molecule has 0 bridgehead atoms. The minimum Gasteiger partial charge on any atom is -0.334 e. The van der Waals surface area contributed by atoms with Crippen LogP contribution in [0.5, 0.6) is 0 Å². The predicted molar refractivity (Wildman–Crippen MR) is 115 cm³/mol. The van der Waals surface area contributed by atoms with Gasteiger partial charge in [0.2, 0.25) is 11.1 Å². The lowest BCUT2D eigenvalue weighted by molar-refractivity contribution is -0.384. The number of halogens is 1. The first kappa shape index (κ1) is 21.1. The number of thioether (sulfide) groups is 1. The number of anilines is 2. The van der Waals surface area contributed by atoms with Crippen LogP contribution in [0.1, 0.15) is 5.56 Å². The third-order valence-corrected chi connectivity index (χ3v) is 4.80. The van der Waals surface area contributed by atoms with Gasteiger partial charge in [0.05, 0.1) is 16.9 Å². The van der Waals surface area contributed by atoms with Gasteiger partial charge in [-0.25, -0.2) is 10.1 Å². The predicted octanol–water partition coefficient (Wildman–Crippen LogP) is 2.73. The highest BCUT2D eigenvalue weighted by Gasteiger charge is 2.12. The molecule has 0 atom stereocenters. The molecule has 0 aliphatic rings. The Hall–Kier alpha value is -3.64.